The van der Waals surface area contributed by atoms with E-state index in [-0.39, 0.29) is 5.56 Å². The standard InChI is InChI=1S/C18H12ClN3O/c19-17-13(9-12-5-1-3-7-15(12)21-17)10-22-11-20-16-8-4-2-6-14(16)18(22)23/h1-9,11H,10H2. The van der Waals surface area contributed by atoms with Gasteiger partial charge >= 0.3 is 0 Å². The molecule has 0 amide bonds. The molecule has 2 aromatic heterocycles. The zero-order chi connectivity index (χ0) is 15.8. The Morgan fingerprint density at radius 1 is 1.00 bits per heavy atom. The van der Waals surface area contributed by atoms with Crippen LogP contribution in [0.15, 0.2) is 65.7 Å². The second-order valence-corrected chi connectivity index (χ2v) is 5.68. The lowest BCUT2D eigenvalue weighted by molar-refractivity contribution is 0.747. The summed E-state index contributed by atoms with van der Waals surface area (Å²) in [5.74, 6) is 0. The van der Waals surface area contributed by atoms with Crippen LogP contribution >= 0.6 is 11.6 Å². The smallest absolute Gasteiger partial charge is 0.261 e. The van der Waals surface area contributed by atoms with Gasteiger partial charge in [-0.2, -0.15) is 0 Å². The number of halogens is 1. The molecule has 0 aliphatic rings. The molecule has 4 aromatic rings. The first-order valence-corrected chi connectivity index (χ1v) is 7.58. The van der Waals surface area contributed by atoms with Crippen molar-refractivity contribution in [3.8, 4) is 0 Å². The van der Waals surface area contributed by atoms with Crippen LogP contribution in [0.2, 0.25) is 5.15 Å². The Morgan fingerprint density at radius 2 is 1.74 bits per heavy atom. The van der Waals surface area contributed by atoms with Crippen molar-refractivity contribution in [1.82, 2.24) is 14.5 Å². The molecule has 0 saturated carbocycles. The quantitative estimate of drug-likeness (QED) is 0.529. The van der Waals surface area contributed by atoms with E-state index < -0.39 is 0 Å². The third-order valence-corrected chi connectivity index (χ3v) is 4.15. The Bertz CT molecular complexity index is 1090. The number of aromatic nitrogens is 3. The van der Waals surface area contributed by atoms with E-state index in [4.69, 9.17) is 11.6 Å². The van der Waals surface area contributed by atoms with Gasteiger partial charge in [-0.15, -0.1) is 0 Å². The van der Waals surface area contributed by atoms with Crippen molar-refractivity contribution in [3.05, 3.63) is 82.0 Å². The van der Waals surface area contributed by atoms with Crippen LogP contribution in [0, 0.1) is 0 Å². The SMILES string of the molecule is O=c1c2ccccc2ncn1Cc1cc2ccccc2nc1Cl. The molecule has 0 atom stereocenters. The zero-order valence-corrected chi connectivity index (χ0v) is 12.9. The van der Waals surface area contributed by atoms with Crippen LogP contribution in [0.1, 0.15) is 5.56 Å². The van der Waals surface area contributed by atoms with Crippen LogP contribution in [0.4, 0.5) is 0 Å². The molecule has 0 bridgehead atoms. The lowest BCUT2D eigenvalue weighted by Crippen LogP contribution is -2.21. The van der Waals surface area contributed by atoms with Gasteiger partial charge in [0.05, 0.1) is 29.3 Å². The van der Waals surface area contributed by atoms with Gasteiger partial charge in [-0.3, -0.25) is 9.36 Å². The van der Waals surface area contributed by atoms with E-state index in [1.165, 1.54) is 0 Å². The minimum atomic E-state index is -0.0835. The first kappa shape index (κ1) is 13.9. The number of para-hydroxylation sites is 2. The Kier molecular flexibility index (Phi) is 3.32. The summed E-state index contributed by atoms with van der Waals surface area (Å²) in [5.41, 5.74) is 2.24. The molecule has 2 aromatic carbocycles. The number of hydrogen-bond acceptors (Lipinski definition) is 3. The lowest BCUT2D eigenvalue weighted by atomic mass is 10.1. The van der Waals surface area contributed by atoms with Crippen molar-refractivity contribution in [2.45, 2.75) is 6.54 Å². The number of pyridine rings is 1. The van der Waals surface area contributed by atoms with Crippen LogP contribution in [0.3, 0.4) is 0 Å². The average Bonchev–Trinajstić information content (AvgIpc) is 2.58. The highest BCUT2D eigenvalue weighted by Crippen LogP contribution is 2.21. The molecule has 112 valence electrons. The Balaban J connectivity index is 1.83. The van der Waals surface area contributed by atoms with Gasteiger partial charge in [-0.1, -0.05) is 41.9 Å². The van der Waals surface area contributed by atoms with Gasteiger partial charge < -0.3 is 0 Å². The molecule has 4 rings (SSSR count). The Morgan fingerprint density at radius 3 is 2.61 bits per heavy atom. The maximum absolute atomic E-state index is 12.6. The molecule has 0 saturated heterocycles. The van der Waals surface area contributed by atoms with E-state index >= 15 is 0 Å². The van der Waals surface area contributed by atoms with Gasteiger partial charge in [0.25, 0.3) is 5.56 Å². The number of benzene rings is 2. The first-order valence-electron chi connectivity index (χ1n) is 7.21. The molecular weight excluding hydrogens is 310 g/mol. The summed E-state index contributed by atoms with van der Waals surface area (Å²) in [6.07, 6.45) is 1.55. The van der Waals surface area contributed by atoms with Crippen molar-refractivity contribution in [2.24, 2.45) is 0 Å². The lowest BCUT2D eigenvalue weighted by Gasteiger charge is -2.09. The predicted molar refractivity (Wildman–Crippen MR) is 91.9 cm³/mol. The molecule has 0 unspecified atom stereocenters. The Labute approximate surface area is 137 Å². The van der Waals surface area contributed by atoms with Crippen LogP contribution in [0.25, 0.3) is 21.8 Å². The summed E-state index contributed by atoms with van der Waals surface area (Å²) in [4.78, 5) is 21.3. The third kappa shape index (κ3) is 2.47. The van der Waals surface area contributed by atoms with E-state index in [9.17, 15) is 4.79 Å². The van der Waals surface area contributed by atoms with Gasteiger partial charge in [-0.05, 0) is 24.3 Å². The highest BCUT2D eigenvalue weighted by molar-refractivity contribution is 6.30. The van der Waals surface area contributed by atoms with E-state index in [2.05, 4.69) is 9.97 Å². The van der Waals surface area contributed by atoms with Gasteiger partial charge in [0, 0.05) is 10.9 Å². The third-order valence-electron chi connectivity index (χ3n) is 3.82. The second kappa shape index (κ2) is 5.48. The highest BCUT2D eigenvalue weighted by atomic mass is 35.5. The van der Waals surface area contributed by atoms with Gasteiger partial charge in [0.2, 0.25) is 0 Å². The molecule has 23 heavy (non-hydrogen) atoms. The van der Waals surface area contributed by atoms with E-state index in [0.717, 1.165) is 16.5 Å². The summed E-state index contributed by atoms with van der Waals surface area (Å²) in [6.45, 7) is 0.341. The van der Waals surface area contributed by atoms with Crippen molar-refractivity contribution in [3.63, 3.8) is 0 Å². The van der Waals surface area contributed by atoms with Gasteiger partial charge in [-0.25, -0.2) is 9.97 Å². The number of fused-ring (bicyclic) bond motifs is 2. The molecular formula is C18H12ClN3O. The maximum Gasteiger partial charge on any atom is 0.261 e. The maximum atomic E-state index is 12.6. The van der Waals surface area contributed by atoms with Crippen LogP contribution in [0.5, 0.6) is 0 Å². The normalized spacial score (nSPS) is 11.2. The van der Waals surface area contributed by atoms with E-state index in [0.29, 0.717) is 22.6 Å². The Hall–Kier alpha value is -2.72. The van der Waals surface area contributed by atoms with E-state index in [1.807, 2.05) is 48.5 Å². The van der Waals surface area contributed by atoms with Crippen molar-refractivity contribution >= 4 is 33.4 Å². The monoisotopic (exact) mass is 321 g/mol. The van der Waals surface area contributed by atoms with Gasteiger partial charge in [0.15, 0.2) is 0 Å². The fraction of sp³-hybridized carbons (Fsp3) is 0.0556. The molecule has 0 fully saturated rings. The first-order chi connectivity index (χ1) is 11.2. The molecule has 0 aliphatic carbocycles. The topological polar surface area (TPSA) is 47.8 Å². The summed E-state index contributed by atoms with van der Waals surface area (Å²) < 4.78 is 1.56. The summed E-state index contributed by atoms with van der Waals surface area (Å²) in [7, 11) is 0. The van der Waals surface area contributed by atoms with Crippen molar-refractivity contribution in [2.75, 3.05) is 0 Å². The van der Waals surface area contributed by atoms with Crippen LogP contribution in [-0.4, -0.2) is 14.5 Å². The molecule has 0 radical (unpaired) electrons. The van der Waals surface area contributed by atoms with Crippen LogP contribution < -0.4 is 5.56 Å². The van der Waals surface area contributed by atoms with Crippen molar-refractivity contribution < 1.29 is 0 Å². The fourth-order valence-electron chi connectivity index (χ4n) is 2.65. The highest BCUT2D eigenvalue weighted by Gasteiger charge is 2.08. The molecule has 4 nitrogen and oxygen atoms in total. The van der Waals surface area contributed by atoms with Crippen LogP contribution in [-0.2, 0) is 6.54 Å². The summed E-state index contributed by atoms with van der Waals surface area (Å²) >= 11 is 6.28. The fourth-order valence-corrected chi connectivity index (χ4v) is 2.85. The number of nitrogens with zero attached hydrogens (tertiary/aromatic N) is 3. The molecule has 0 spiro atoms. The number of rotatable bonds is 2. The average molecular weight is 322 g/mol. The predicted octanol–water partition coefficient (Wildman–Crippen LogP) is 3.65. The van der Waals surface area contributed by atoms with E-state index in [1.54, 1.807) is 17.0 Å². The number of hydrogen-bond donors (Lipinski definition) is 0. The molecule has 5 heteroatoms. The summed E-state index contributed by atoms with van der Waals surface area (Å²) in [6, 6.07) is 17.0. The largest absolute Gasteiger partial charge is 0.294 e. The zero-order valence-electron chi connectivity index (χ0n) is 12.1. The van der Waals surface area contributed by atoms with Gasteiger partial charge in [0.1, 0.15) is 5.15 Å². The minimum Gasteiger partial charge on any atom is -0.294 e. The van der Waals surface area contributed by atoms with Crippen molar-refractivity contribution in [1.29, 1.82) is 0 Å². The molecule has 2 heterocycles. The second-order valence-electron chi connectivity index (χ2n) is 5.33. The molecule has 0 aliphatic heterocycles. The minimum absolute atomic E-state index is 0.0835. The molecule has 0 N–H and O–H groups in total. The summed E-state index contributed by atoms with van der Waals surface area (Å²) in [5, 5.41) is 2.00.